The van der Waals surface area contributed by atoms with Gasteiger partial charge in [0.25, 0.3) is 0 Å². The Morgan fingerprint density at radius 3 is 2.25 bits per heavy atom. The second kappa shape index (κ2) is 10.3. The van der Waals surface area contributed by atoms with Crippen molar-refractivity contribution in [2.75, 3.05) is 51.1 Å². The fraction of sp³-hybridized carbons (Fsp3) is 0.696. The summed E-state index contributed by atoms with van der Waals surface area (Å²) in [6.07, 6.45) is 11.9. The van der Waals surface area contributed by atoms with Crippen molar-refractivity contribution in [3.63, 3.8) is 0 Å². The molecule has 154 valence electrons. The summed E-state index contributed by atoms with van der Waals surface area (Å²) in [5.74, 6) is 1.04. The zero-order valence-electron chi connectivity index (χ0n) is 17.4. The maximum atomic E-state index is 4.58. The number of rotatable bonds is 9. The van der Waals surface area contributed by atoms with E-state index in [-0.39, 0.29) is 0 Å². The zero-order valence-corrected chi connectivity index (χ0v) is 17.4. The molecule has 0 amide bonds. The van der Waals surface area contributed by atoms with Crippen LogP contribution < -0.4 is 5.32 Å². The van der Waals surface area contributed by atoms with Crippen LogP contribution in [-0.4, -0.2) is 65.8 Å². The van der Waals surface area contributed by atoms with E-state index in [1.165, 1.54) is 102 Å². The molecule has 3 heterocycles. The number of H-pyrrole nitrogens is 1. The Balaban J connectivity index is 1.29. The molecule has 2 aromatic rings. The Hall–Kier alpha value is -1.59. The monoisotopic (exact) mass is 383 g/mol. The molecule has 5 heteroatoms. The standard InChI is InChI=1S/C23H37N5/c1-3-14-27(15-4-1)18-8-11-20-10-7-12-21-22(20)23(26-25-21)24-13-9-19-28-16-5-2-6-17-28/h7,10,12H,1-6,8-9,11,13-19H2,(H2,24,25,26). The number of hydrogen-bond acceptors (Lipinski definition) is 4. The second-order valence-corrected chi connectivity index (χ2v) is 8.60. The highest BCUT2D eigenvalue weighted by Crippen LogP contribution is 2.26. The molecule has 0 aliphatic carbocycles. The van der Waals surface area contributed by atoms with Crippen LogP contribution in [0.5, 0.6) is 0 Å². The van der Waals surface area contributed by atoms with Crippen LogP contribution in [0.2, 0.25) is 0 Å². The predicted octanol–water partition coefficient (Wildman–Crippen LogP) is 4.27. The van der Waals surface area contributed by atoms with Gasteiger partial charge in [0.05, 0.1) is 5.52 Å². The van der Waals surface area contributed by atoms with Crippen molar-refractivity contribution in [2.24, 2.45) is 0 Å². The smallest absolute Gasteiger partial charge is 0.156 e. The molecule has 1 aromatic heterocycles. The summed E-state index contributed by atoms with van der Waals surface area (Å²) in [6.45, 7) is 8.59. The fourth-order valence-corrected chi connectivity index (χ4v) is 4.85. The summed E-state index contributed by atoms with van der Waals surface area (Å²) >= 11 is 0. The SMILES string of the molecule is c1cc(CCCN2CCCCC2)c2c(NCCCN3CCCCC3)n[nH]c2c1. The van der Waals surface area contributed by atoms with Gasteiger partial charge in [-0.15, -0.1) is 0 Å². The van der Waals surface area contributed by atoms with E-state index >= 15 is 0 Å². The molecule has 0 spiro atoms. The van der Waals surface area contributed by atoms with Gasteiger partial charge in [-0.3, -0.25) is 5.10 Å². The summed E-state index contributed by atoms with van der Waals surface area (Å²) < 4.78 is 0. The summed E-state index contributed by atoms with van der Waals surface area (Å²) in [5, 5.41) is 12.7. The topological polar surface area (TPSA) is 47.2 Å². The normalized spacial score (nSPS) is 19.3. The van der Waals surface area contributed by atoms with E-state index in [1.807, 2.05) is 0 Å². The molecule has 0 radical (unpaired) electrons. The molecule has 2 aliphatic heterocycles. The Labute approximate surface area is 169 Å². The molecule has 0 atom stereocenters. The molecule has 2 saturated heterocycles. The number of benzene rings is 1. The van der Waals surface area contributed by atoms with Gasteiger partial charge in [0.2, 0.25) is 0 Å². The van der Waals surface area contributed by atoms with Gasteiger partial charge in [0, 0.05) is 11.9 Å². The van der Waals surface area contributed by atoms with Crippen molar-refractivity contribution in [1.29, 1.82) is 0 Å². The molecule has 4 rings (SSSR count). The number of aromatic nitrogens is 2. The Bertz CT molecular complexity index is 713. The minimum absolute atomic E-state index is 0.999. The largest absolute Gasteiger partial charge is 0.368 e. The molecular formula is C23H37N5. The van der Waals surface area contributed by atoms with Crippen molar-refractivity contribution >= 4 is 16.7 Å². The quantitative estimate of drug-likeness (QED) is 0.635. The lowest BCUT2D eigenvalue weighted by molar-refractivity contribution is 0.226. The first-order valence-electron chi connectivity index (χ1n) is 11.5. The third-order valence-corrected chi connectivity index (χ3v) is 6.44. The summed E-state index contributed by atoms with van der Waals surface area (Å²) in [5.41, 5.74) is 2.59. The maximum absolute atomic E-state index is 4.58. The molecule has 1 aromatic carbocycles. The van der Waals surface area contributed by atoms with Crippen molar-refractivity contribution in [2.45, 2.75) is 57.8 Å². The summed E-state index contributed by atoms with van der Waals surface area (Å²) in [4.78, 5) is 5.25. The van der Waals surface area contributed by atoms with E-state index in [1.54, 1.807) is 0 Å². The molecule has 0 bridgehead atoms. The average Bonchev–Trinajstić information content (AvgIpc) is 3.17. The summed E-state index contributed by atoms with van der Waals surface area (Å²) in [7, 11) is 0. The van der Waals surface area contributed by atoms with E-state index in [0.29, 0.717) is 0 Å². The van der Waals surface area contributed by atoms with Crippen molar-refractivity contribution in [3.05, 3.63) is 23.8 Å². The molecule has 0 saturated carbocycles. The molecule has 28 heavy (non-hydrogen) atoms. The van der Waals surface area contributed by atoms with Crippen LogP contribution >= 0.6 is 0 Å². The Kier molecular flexibility index (Phi) is 7.23. The van der Waals surface area contributed by atoms with Crippen molar-refractivity contribution in [3.8, 4) is 0 Å². The van der Waals surface area contributed by atoms with Crippen LogP contribution in [0.25, 0.3) is 10.9 Å². The lowest BCUT2D eigenvalue weighted by atomic mass is 10.0. The van der Waals surface area contributed by atoms with E-state index in [9.17, 15) is 0 Å². The number of nitrogens with one attached hydrogen (secondary N) is 2. The summed E-state index contributed by atoms with van der Waals surface area (Å²) in [6, 6.07) is 6.60. The highest BCUT2D eigenvalue weighted by molar-refractivity contribution is 5.92. The van der Waals surface area contributed by atoms with Gasteiger partial charge in [0.15, 0.2) is 5.82 Å². The highest BCUT2D eigenvalue weighted by atomic mass is 15.2. The Morgan fingerprint density at radius 1 is 0.857 bits per heavy atom. The van der Waals surface area contributed by atoms with Crippen LogP contribution in [0.4, 0.5) is 5.82 Å². The van der Waals surface area contributed by atoms with Gasteiger partial charge in [-0.2, -0.15) is 5.10 Å². The number of aromatic amines is 1. The van der Waals surface area contributed by atoms with Gasteiger partial charge in [-0.25, -0.2) is 0 Å². The van der Waals surface area contributed by atoms with Crippen LogP contribution in [0.1, 0.15) is 56.9 Å². The first-order chi connectivity index (χ1) is 13.9. The fourth-order valence-electron chi connectivity index (χ4n) is 4.85. The lowest BCUT2D eigenvalue weighted by Gasteiger charge is -2.26. The van der Waals surface area contributed by atoms with Gasteiger partial charge < -0.3 is 15.1 Å². The van der Waals surface area contributed by atoms with Gasteiger partial charge in [0.1, 0.15) is 0 Å². The highest BCUT2D eigenvalue weighted by Gasteiger charge is 2.13. The molecular weight excluding hydrogens is 346 g/mol. The molecule has 2 aliphatic rings. The van der Waals surface area contributed by atoms with Crippen molar-refractivity contribution < 1.29 is 0 Å². The van der Waals surface area contributed by atoms with Gasteiger partial charge >= 0.3 is 0 Å². The van der Waals surface area contributed by atoms with Crippen LogP contribution in [0.3, 0.4) is 0 Å². The average molecular weight is 384 g/mol. The predicted molar refractivity (Wildman–Crippen MR) is 118 cm³/mol. The number of anilines is 1. The number of fused-ring (bicyclic) bond motifs is 1. The van der Waals surface area contributed by atoms with Gasteiger partial charge in [-0.05, 0) is 95.8 Å². The second-order valence-electron chi connectivity index (χ2n) is 8.60. The van der Waals surface area contributed by atoms with Gasteiger partial charge in [-0.1, -0.05) is 25.0 Å². The minimum Gasteiger partial charge on any atom is -0.368 e. The zero-order chi connectivity index (χ0) is 19.0. The van der Waals surface area contributed by atoms with Crippen molar-refractivity contribution in [1.82, 2.24) is 20.0 Å². The van der Waals surface area contributed by atoms with E-state index in [4.69, 9.17) is 0 Å². The number of likely N-dealkylation sites (tertiary alicyclic amines) is 2. The number of aryl methyl sites for hydroxylation is 1. The molecule has 0 unspecified atom stereocenters. The van der Waals surface area contributed by atoms with Crippen LogP contribution in [0.15, 0.2) is 18.2 Å². The number of piperidine rings is 2. The van der Waals surface area contributed by atoms with E-state index < -0.39 is 0 Å². The third kappa shape index (κ3) is 5.26. The lowest BCUT2D eigenvalue weighted by Crippen LogP contribution is -2.31. The molecule has 2 N–H and O–H groups in total. The third-order valence-electron chi connectivity index (χ3n) is 6.44. The van der Waals surface area contributed by atoms with Crippen LogP contribution in [-0.2, 0) is 6.42 Å². The minimum atomic E-state index is 0.999. The van der Waals surface area contributed by atoms with E-state index in [0.717, 1.165) is 24.3 Å². The first-order valence-corrected chi connectivity index (χ1v) is 11.5. The van der Waals surface area contributed by atoms with E-state index in [2.05, 4.69) is 43.5 Å². The van der Waals surface area contributed by atoms with Crippen LogP contribution in [0, 0.1) is 0 Å². The maximum Gasteiger partial charge on any atom is 0.156 e. The Morgan fingerprint density at radius 2 is 1.54 bits per heavy atom. The first kappa shape index (κ1) is 19.7. The number of nitrogens with zero attached hydrogens (tertiary/aromatic N) is 3. The molecule has 2 fully saturated rings. The molecule has 5 nitrogen and oxygen atoms in total. The number of hydrogen-bond donors (Lipinski definition) is 2.